The molecule has 6 nitrogen and oxygen atoms in total. The Morgan fingerprint density at radius 2 is 1.82 bits per heavy atom. The molecule has 0 radical (unpaired) electrons. The van der Waals surface area contributed by atoms with Crippen LogP contribution in [0.25, 0.3) is 0 Å². The van der Waals surface area contributed by atoms with Crippen molar-refractivity contribution in [3.8, 4) is 11.8 Å². The largest absolute Gasteiger partial charge is 0.395 e. The molecule has 28 heavy (non-hydrogen) atoms. The van der Waals surface area contributed by atoms with Crippen molar-refractivity contribution < 1.29 is 18.6 Å². The van der Waals surface area contributed by atoms with E-state index in [1.54, 1.807) is 18.2 Å². The molecule has 2 heterocycles. The Balaban J connectivity index is 1.84. The molecule has 2 aliphatic rings. The van der Waals surface area contributed by atoms with Crippen LogP contribution < -0.4 is 0 Å². The van der Waals surface area contributed by atoms with E-state index in [1.165, 1.54) is 6.26 Å². The second kappa shape index (κ2) is 8.13. The number of aliphatic hydroxyl groups is 2. The smallest absolute Gasteiger partial charge is 0.211 e. The Hall–Kier alpha value is -1.43. The molecule has 154 valence electrons. The topological polar surface area (TPSA) is 81.1 Å². The number of nitrogens with zero attached hydrogens (tertiary/aromatic N) is 2. The van der Waals surface area contributed by atoms with E-state index < -0.39 is 15.6 Å². The van der Waals surface area contributed by atoms with E-state index in [9.17, 15) is 18.6 Å². The van der Waals surface area contributed by atoms with Crippen LogP contribution in [-0.4, -0.2) is 78.0 Å². The van der Waals surface area contributed by atoms with Gasteiger partial charge in [0.05, 0.1) is 12.9 Å². The zero-order valence-corrected chi connectivity index (χ0v) is 17.6. The normalized spacial score (nSPS) is 27.0. The number of benzene rings is 1. The summed E-state index contributed by atoms with van der Waals surface area (Å²) in [6.07, 6.45) is 3.04. The maximum absolute atomic E-state index is 12.1. The van der Waals surface area contributed by atoms with Gasteiger partial charge in [-0.2, -0.15) is 0 Å². The lowest BCUT2D eigenvalue weighted by atomic mass is 9.74. The minimum atomic E-state index is -3.24. The van der Waals surface area contributed by atoms with Crippen LogP contribution in [-0.2, 0) is 10.0 Å². The summed E-state index contributed by atoms with van der Waals surface area (Å²) < 4.78 is 25.9. The highest BCUT2D eigenvalue weighted by Crippen LogP contribution is 2.42. The first-order valence-electron chi connectivity index (χ1n) is 9.77. The Kier molecular flexibility index (Phi) is 6.18. The molecule has 0 unspecified atom stereocenters. The first-order valence-corrected chi connectivity index (χ1v) is 11.6. The third-order valence-corrected chi connectivity index (χ3v) is 6.88. The molecule has 2 fully saturated rings. The molecular weight excluding hydrogens is 376 g/mol. The molecule has 0 saturated carbocycles. The SMILES string of the molecule is CC(C)(O)C#Cc1ccc([C@@H]2[C@H]3CN(S(C)(=O)=O)CCCCN3[C@H]2CO)cc1. The summed E-state index contributed by atoms with van der Waals surface area (Å²) in [6.45, 7) is 5.25. The molecule has 2 aliphatic heterocycles. The molecule has 2 N–H and O–H groups in total. The van der Waals surface area contributed by atoms with Gasteiger partial charge in [0.25, 0.3) is 0 Å². The van der Waals surface area contributed by atoms with Crippen molar-refractivity contribution in [2.75, 3.05) is 32.5 Å². The number of sulfonamides is 1. The van der Waals surface area contributed by atoms with Crippen LogP contribution >= 0.6 is 0 Å². The molecule has 0 amide bonds. The third kappa shape index (κ3) is 4.76. The summed E-state index contributed by atoms with van der Waals surface area (Å²) in [5, 5.41) is 19.7. The first kappa shape index (κ1) is 21.3. The van der Waals surface area contributed by atoms with Crippen molar-refractivity contribution in [3.63, 3.8) is 0 Å². The zero-order valence-electron chi connectivity index (χ0n) is 16.8. The highest BCUT2D eigenvalue weighted by molar-refractivity contribution is 7.88. The average Bonchev–Trinajstić information content (AvgIpc) is 2.58. The maximum atomic E-state index is 12.1. The standard InChI is InChI=1S/C21H30N2O4S/c1-21(2,25)11-10-16-6-8-17(9-7-16)20-18-14-22(28(3,26)27)12-4-5-13-23(18)19(20)15-24/h6-9,18-20,24-25H,4-5,12-15H2,1-3H3/t18-,19+,20-/m1/s1. The van der Waals surface area contributed by atoms with Gasteiger partial charge in [0.2, 0.25) is 10.0 Å². The number of fused-ring (bicyclic) bond motifs is 1. The molecule has 0 bridgehead atoms. The summed E-state index contributed by atoms with van der Waals surface area (Å²) in [5.74, 6) is 5.85. The molecular formula is C21H30N2O4S. The van der Waals surface area contributed by atoms with Gasteiger partial charge in [-0.3, -0.25) is 4.90 Å². The summed E-state index contributed by atoms with van der Waals surface area (Å²) in [5.41, 5.74) is 0.865. The predicted molar refractivity (Wildman–Crippen MR) is 109 cm³/mol. The second-order valence-electron chi connectivity index (χ2n) is 8.34. The van der Waals surface area contributed by atoms with Crippen molar-refractivity contribution in [2.24, 2.45) is 0 Å². The van der Waals surface area contributed by atoms with E-state index in [-0.39, 0.29) is 24.6 Å². The van der Waals surface area contributed by atoms with E-state index >= 15 is 0 Å². The van der Waals surface area contributed by atoms with Crippen LogP contribution in [0.5, 0.6) is 0 Å². The monoisotopic (exact) mass is 406 g/mol. The second-order valence-corrected chi connectivity index (χ2v) is 10.3. The Labute approximate surface area is 168 Å². The van der Waals surface area contributed by atoms with Gasteiger partial charge in [0.15, 0.2) is 0 Å². The van der Waals surface area contributed by atoms with Gasteiger partial charge in [0.1, 0.15) is 5.60 Å². The highest BCUT2D eigenvalue weighted by Gasteiger charge is 2.49. The van der Waals surface area contributed by atoms with Crippen LogP contribution in [0.4, 0.5) is 0 Å². The minimum absolute atomic E-state index is 0.0119. The van der Waals surface area contributed by atoms with Gasteiger partial charge in [0, 0.05) is 36.7 Å². The van der Waals surface area contributed by atoms with Crippen molar-refractivity contribution in [3.05, 3.63) is 35.4 Å². The average molecular weight is 407 g/mol. The molecule has 7 heteroatoms. The van der Waals surface area contributed by atoms with Gasteiger partial charge in [-0.1, -0.05) is 24.0 Å². The van der Waals surface area contributed by atoms with Gasteiger partial charge in [-0.25, -0.2) is 12.7 Å². The predicted octanol–water partition coefficient (Wildman–Crippen LogP) is 0.993. The van der Waals surface area contributed by atoms with Gasteiger partial charge in [-0.15, -0.1) is 0 Å². The number of hydrogen-bond donors (Lipinski definition) is 2. The Morgan fingerprint density at radius 1 is 1.18 bits per heavy atom. The van der Waals surface area contributed by atoms with Crippen LogP contribution in [0, 0.1) is 11.8 Å². The van der Waals surface area contributed by atoms with Gasteiger partial charge >= 0.3 is 0 Å². The van der Waals surface area contributed by atoms with Crippen molar-refractivity contribution in [1.82, 2.24) is 9.21 Å². The molecule has 3 atom stereocenters. The van der Waals surface area contributed by atoms with E-state index in [1.807, 2.05) is 24.3 Å². The summed E-state index contributed by atoms with van der Waals surface area (Å²) >= 11 is 0. The quantitative estimate of drug-likeness (QED) is 0.732. The summed E-state index contributed by atoms with van der Waals surface area (Å²) in [4.78, 5) is 2.25. The van der Waals surface area contributed by atoms with Crippen LogP contribution in [0.2, 0.25) is 0 Å². The van der Waals surface area contributed by atoms with E-state index in [4.69, 9.17) is 0 Å². The zero-order chi connectivity index (χ0) is 20.5. The number of hydrogen-bond acceptors (Lipinski definition) is 5. The molecule has 1 aromatic rings. The Bertz CT molecular complexity index is 849. The molecule has 1 aromatic carbocycles. The van der Waals surface area contributed by atoms with E-state index in [0.717, 1.165) is 30.5 Å². The minimum Gasteiger partial charge on any atom is -0.395 e. The van der Waals surface area contributed by atoms with Crippen molar-refractivity contribution >= 4 is 10.0 Å². The van der Waals surface area contributed by atoms with E-state index in [2.05, 4.69) is 16.7 Å². The fraction of sp³-hybridized carbons (Fsp3) is 0.619. The summed E-state index contributed by atoms with van der Waals surface area (Å²) in [7, 11) is -3.24. The van der Waals surface area contributed by atoms with Crippen LogP contribution in [0.15, 0.2) is 24.3 Å². The lowest BCUT2D eigenvalue weighted by molar-refractivity contribution is -0.0553. The molecule has 3 rings (SSSR count). The molecule has 0 aromatic heterocycles. The van der Waals surface area contributed by atoms with Gasteiger partial charge in [-0.05, 0) is 50.9 Å². The highest BCUT2D eigenvalue weighted by atomic mass is 32.2. The summed E-state index contributed by atoms with van der Waals surface area (Å²) in [6, 6.07) is 7.93. The molecule has 0 aliphatic carbocycles. The fourth-order valence-corrected chi connectivity index (χ4v) is 5.11. The van der Waals surface area contributed by atoms with Crippen molar-refractivity contribution in [2.45, 2.75) is 50.3 Å². The van der Waals surface area contributed by atoms with Crippen LogP contribution in [0.3, 0.4) is 0 Å². The van der Waals surface area contributed by atoms with Crippen LogP contribution in [0.1, 0.15) is 43.7 Å². The van der Waals surface area contributed by atoms with Crippen molar-refractivity contribution in [1.29, 1.82) is 0 Å². The lowest BCUT2D eigenvalue weighted by Crippen LogP contribution is -2.67. The fourth-order valence-electron chi connectivity index (χ4n) is 4.22. The Morgan fingerprint density at radius 3 is 2.39 bits per heavy atom. The molecule has 0 spiro atoms. The maximum Gasteiger partial charge on any atom is 0.211 e. The number of rotatable bonds is 3. The molecule has 2 saturated heterocycles. The lowest BCUT2D eigenvalue weighted by Gasteiger charge is -2.57. The first-order chi connectivity index (χ1) is 13.1. The number of aliphatic hydroxyl groups excluding tert-OH is 1. The third-order valence-electron chi connectivity index (χ3n) is 5.61. The van der Waals surface area contributed by atoms with Gasteiger partial charge < -0.3 is 10.2 Å². The van der Waals surface area contributed by atoms with E-state index in [0.29, 0.717) is 13.1 Å².